The van der Waals surface area contributed by atoms with Gasteiger partial charge in [-0.25, -0.2) is 0 Å². The lowest BCUT2D eigenvalue weighted by molar-refractivity contribution is 0.475. The normalized spacial score (nSPS) is 10.1. The molecule has 0 fully saturated rings. The van der Waals surface area contributed by atoms with E-state index < -0.39 is 0 Å². The Kier molecular flexibility index (Phi) is 4.41. The highest BCUT2D eigenvalue weighted by Crippen LogP contribution is 2.27. The second-order valence-corrected chi connectivity index (χ2v) is 3.85. The molecular weight excluding hydrogens is 200 g/mol. The average Bonchev–Trinajstić information content (AvgIpc) is 2.88. The summed E-state index contributed by atoms with van der Waals surface area (Å²) in [6.45, 7) is 10.2. The molecular formula is C14H20O2. The van der Waals surface area contributed by atoms with Crippen LogP contribution < -0.4 is 0 Å². The van der Waals surface area contributed by atoms with E-state index in [4.69, 9.17) is 8.83 Å². The lowest BCUT2D eigenvalue weighted by Crippen LogP contribution is -1.80. The minimum Gasteiger partial charge on any atom is -0.461 e. The van der Waals surface area contributed by atoms with Gasteiger partial charge in [-0.3, -0.25) is 0 Å². The van der Waals surface area contributed by atoms with E-state index in [1.165, 1.54) is 0 Å². The van der Waals surface area contributed by atoms with Crippen LogP contribution in [-0.4, -0.2) is 0 Å². The summed E-state index contributed by atoms with van der Waals surface area (Å²) in [5.74, 6) is 3.02. The fourth-order valence-corrected chi connectivity index (χ4v) is 1.36. The van der Waals surface area contributed by atoms with Crippen molar-refractivity contribution in [2.75, 3.05) is 0 Å². The van der Waals surface area contributed by atoms with Crippen molar-refractivity contribution in [1.29, 1.82) is 0 Å². The van der Waals surface area contributed by atoms with E-state index in [2.05, 4.69) is 13.8 Å². The summed E-state index contributed by atoms with van der Waals surface area (Å²) >= 11 is 0. The first-order chi connectivity index (χ1) is 7.66. The summed E-state index contributed by atoms with van der Waals surface area (Å²) in [4.78, 5) is 0. The van der Waals surface area contributed by atoms with E-state index in [0.717, 1.165) is 22.8 Å². The Balaban J connectivity index is 0.000000606. The van der Waals surface area contributed by atoms with Gasteiger partial charge in [0.2, 0.25) is 0 Å². The first-order valence-corrected chi connectivity index (χ1v) is 5.82. The molecule has 88 valence electrons. The molecule has 0 aliphatic rings. The van der Waals surface area contributed by atoms with Crippen molar-refractivity contribution in [2.24, 2.45) is 0 Å². The molecule has 0 atom stereocenters. The number of hydrogen-bond acceptors (Lipinski definition) is 2. The van der Waals surface area contributed by atoms with Crippen LogP contribution in [0.5, 0.6) is 0 Å². The van der Waals surface area contributed by atoms with Crippen molar-refractivity contribution in [3.63, 3.8) is 0 Å². The number of aryl methyl sites for hydroxylation is 1. The van der Waals surface area contributed by atoms with Gasteiger partial charge in [-0.05, 0) is 30.7 Å². The maximum absolute atomic E-state index is 5.65. The highest BCUT2D eigenvalue weighted by Gasteiger charge is 2.09. The topological polar surface area (TPSA) is 26.3 Å². The largest absolute Gasteiger partial charge is 0.461 e. The Morgan fingerprint density at radius 3 is 2.19 bits per heavy atom. The lowest BCUT2D eigenvalue weighted by Gasteiger charge is -1.97. The van der Waals surface area contributed by atoms with E-state index >= 15 is 0 Å². The van der Waals surface area contributed by atoms with Gasteiger partial charge < -0.3 is 8.83 Å². The Bertz CT molecular complexity index is 421. The molecule has 0 aliphatic heterocycles. The van der Waals surface area contributed by atoms with Crippen LogP contribution in [0.25, 0.3) is 11.5 Å². The van der Waals surface area contributed by atoms with Crippen LogP contribution in [0.1, 0.15) is 44.9 Å². The van der Waals surface area contributed by atoms with Crippen molar-refractivity contribution < 1.29 is 8.83 Å². The molecule has 2 aromatic rings. The maximum Gasteiger partial charge on any atom is 0.169 e. The van der Waals surface area contributed by atoms with E-state index in [1.54, 1.807) is 6.26 Å². The smallest absolute Gasteiger partial charge is 0.169 e. The van der Waals surface area contributed by atoms with Gasteiger partial charge >= 0.3 is 0 Å². The summed E-state index contributed by atoms with van der Waals surface area (Å²) in [6.07, 6.45) is 1.73. The summed E-state index contributed by atoms with van der Waals surface area (Å²) in [5, 5.41) is 0. The van der Waals surface area contributed by atoms with Crippen molar-refractivity contribution in [3.8, 4) is 11.5 Å². The van der Waals surface area contributed by atoms with Crippen molar-refractivity contribution in [3.05, 3.63) is 35.8 Å². The molecule has 0 saturated heterocycles. The van der Waals surface area contributed by atoms with Crippen molar-refractivity contribution in [2.45, 2.75) is 40.5 Å². The summed E-state index contributed by atoms with van der Waals surface area (Å²) in [7, 11) is 0. The van der Waals surface area contributed by atoms with Gasteiger partial charge in [-0.15, -0.1) is 0 Å². The lowest BCUT2D eigenvalue weighted by atomic mass is 10.2. The number of hydrogen-bond donors (Lipinski definition) is 0. The van der Waals surface area contributed by atoms with Crippen molar-refractivity contribution in [1.82, 2.24) is 0 Å². The number of rotatable bonds is 2. The second kappa shape index (κ2) is 5.59. The predicted octanol–water partition coefficient (Wildman–Crippen LogP) is 5.00. The van der Waals surface area contributed by atoms with Crippen molar-refractivity contribution >= 4 is 0 Å². The van der Waals surface area contributed by atoms with Crippen LogP contribution in [0, 0.1) is 6.92 Å². The zero-order valence-electron chi connectivity index (χ0n) is 10.7. The van der Waals surface area contributed by atoms with E-state index in [1.807, 2.05) is 39.0 Å². The molecule has 16 heavy (non-hydrogen) atoms. The van der Waals surface area contributed by atoms with Gasteiger partial charge in [0, 0.05) is 5.92 Å². The number of furan rings is 2. The molecule has 0 unspecified atom stereocenters. The molecule has 0 radical (unpaired) electrons. The van der Waals surface area contributed by atoms with E-state index in [-0.39, 0.29) is 0 Å². The molecule has 0 spiro atoms. The van der Waals surface area contributed by atoms with E-state index in [9.17, 15) is 0 Å². The predicted molar refractivity (Wildman–Crippen MR) is 66.6 cm³/mol. The Hall–Kier alpha value is -1.44. The quantitative estimate of drug-likeness (QED) is 0.712. The van der Waals surface area contributed by atoms with Crippen LogP contribution in [0.4, 0.5) is 0 Å². The average molecular weight is 220 g/mol. The van der Waals surface area contributed by atoms with Gasteiger partial charge in [0.15, 0.2) is 11.5 Å². The highest BCUT2D eigenvalue weighted by molar-refractivity contribution is 5.51. The third kappa shape index (κ3) is 2.78. The third-order valence-electron chi connectivity index (χ3n) is 2.17. The fraction of sp³-hybridized carbons (Fsp3) is 0.429. The second-order valence-electron chi connectivity index (χ2n) is 3.85. The first-order valence-electron chi connectivity index (χ1n) is 5.82. The molecule has 2 heterocycles. The van der Waals surface area contributed by atoms with Crippen LogP contribution in [0.15, 0.2) is 33.3 Å². The van der Waals surface area contributed by atoms with Crippen LogP contribution in [0.3, 0.4) is 0 Å². The SMILES string of the molecule is CC.Cc1coc(-c2ccc(C(C)C)o2)c1. The molecule has 2 nitrogen and oxygen atoms in total. The van der Waals surface area contributed by atoms with Gasteiger partial charge in [-0.2, -0.15) is 0 Å². The summed E-state index contributed by atoms with van der Waals surface area (Å²) in [5.41, 5.74) is 1.11. The first kappa shape index (κ1) is 12.6. The van der Waals surface area contributed by atoms with Crippen LogP contribution in [0.2, 0.25) is 0 Å². The molecule has 2 heteroatoms. The third-order valence-corrected chi connectivity index (χ3v) is 2.17. The Labute approximate surface area is 97.3 Å². The van der Waals surface area contributed by atoms with Crippen LogP contribution in [-0.2, 0) is 0 Å². The standard InChI is InChI=1S/C12H14O2.C2H6/c1-8(2)10-4-5-11(14-10)12-6-9(3)7-13-12;1-2/h4-8H,1-3H3;1-2H3. The summed E-state index contributed by atoms with van der Waals surface area (Å²) in [6, 6.07) is 5.92. The fourth-order valence-electron chi connectivity index (χ4n) is 1.36. The Morgan fingerprint density at radius 2 is 1.75 bits per heavy atom. The van der Waals surface area contributed by atoms with Crippen LogP contribution >= 0.6 is 0 Å². The van der Waals surface area contributed by atoms with Gasteiger partial charge in [0.05, 0.1) is 6.26 Å². The molecule has 2 aromatic heterocycles. The molecule has 0 saturated carbocycles. The minimum atomic E-state index is 0.416. The summed E-state index contributed by atoms with van der Waals surface area (Å²) < 4.78 is 11.0. The molecule has 0 aromatic carbocycles. The molecule has 0 N–H and O–H groups in total. The van der Waals surface area contributed by atoms with Gasteiger partial charge in [0.25, 0.3) is 0 Å². The minimum absolute atomic E-state index is 0.416. The highest BCUT2D eigenvalue weighted by atomic mass is 16.4. The molecule has 0 aliphatic carbocycles. The zero-order chi connectivity index (χ0) is 12.1. The zero-order valence-corrected chi connectivity index (χ0v) is 10.7. The Morgan fingerprint density at radius 1 is 1.06 bits per heavy atom. The van der Waals surface area contributed by atoms with Gasteiger partial charge in [0.1, 0.15) is 5.76 Å². The maximum atomic E-state index is 5.65. The van der Waals surface area contributed by atoms with E-state index in [0.29, 0.717) is 5.92 Å². The molecule has 0 bridgehead atoms. The monoisotopic (exact) mass is 220 g/mol. The van der Waals surface area contributed by atoms with Gasteiger partial charge in [-0.1, -0.05) is 27.7 Å². The molecule has 2 rings (SSSR count). The molecule has 0 amide bonds.